The van der Waals surface area contributed by atoms with Gasteiger partial charge in [-0.2, -0.15) is 0 Å². The SMILES string of the molecule is NC(=NCC1(CN2CCOCC2)CCCCC1)NC1CC1. The first kappa shape index (κ1) is 15.1. The summed E-state index contributed by atoms with van der Waals surface area (Å²) < 4.78 is 5.47. The van der Waals surface area contributed by atoms with Crippen LogP contribution in [0.25, 0.3) is 0 Å². The van der Waals surface area contributed by atoms with Gasteiger partial charge >= 0.3 is 0 Å². The molecule has 0 aromatic rings. The van der Waals surface area contributed by atoms with Crippen LogP contribution < -0.4 is 11.1 Å². The fourth-order valence-electron chi connectivity index (χ4n) is 3.64. The topological polar surface area (TPSA) is 62.9 Å². The van der Waals surface area contributed by atoms with E-state index in [1.54, 1.807) is 0 Å². The Labute approximate surface area is 128 Å². The highest BCUT2D eigenvalue weighted by molar-refractivity contribution is 5.78. The molecule has 2 aliphatic carbocycles. The minimum absolute atomic E-state index is 0.339. The largest absolute Gasteiger partial charge is 0.379 e. The third kappa shape index (κ3) is 4.58. The Kier molecular flexibility index (Phi) is 5.01. The number of rotatable bonds is 5. The number of hydrogen-bond donors (Lipinski definition) is 2. The Hall–Kier alpha value is -0.810. The average Bonchev–Trinajstić information content (AvgIpc) is 3.31. The molecule has 1 aliphatic heterocycles. The van der Waals surface area contributed by atoms with Crippen LogP contribution in [0.4, 0.5) is 0 Å². The Morgan fingerprint density at radius 1 is 1.19 bits per heavy atom. The molecular formula is C16H30N4O. The molecule has 3 rings (SSSR count). The van der Waals surface area contributed by atoms with Gasteiger partial charge < -0.3 is 15.8 Å². The highest BCUT2D eigenvalue weighted by Crippen LogP contribution is 2.37. The summed E-state index contributed by atoms with van der Waals surface area (Å²) in [6.07, 6.45) is 9.15. The molecule has 0 unspecified atom stereocenters. The van der Waals surface area contributed by atoms with Crippen molar-refractivity contribution in [1.82, 2.24) is 10.2 Å². The summed E-state index contributed by atoms with van der Waals surface area (Å²) in [4.78, 5) is 7.26. The Balaban J connectivity index is 1.58. The van der Waals surface area contributed by atoms with E-state index in [4.69, 9.17) is 15.5 Å². The second-order valence-corrected chi connectivity index (χ2v) is 7.07. The van der Waals surface area contributed by atoms with Crippen molar-refractivity contribution in [3.8, 4) is 0 Å². The predicted octanol–water partition coefficient (Wildman–Crippen LogP) is 1.34. The van der Waals surface area contributed by atoms with Crippen molar-refractivity contribution in [3.63, 3.8) is 0 Å². The number of nitrogens with one attached hydrogen (secondary N) is 1. The summed E-state index contributed by atoms with van der Waals surface area (Å²) in [6.45, 7) is 5.95. The molecule has 1 heterocycles. The number of ether oxygens (including phenoxy) is 1. The molecule has 0 atom stereocenters. The lowest BCUT2D eigenvalue weighted by atomic mass is 9.73. The van der Waals surface area contributed by atoms with Crippen LogP contribution in [0.2, 0.25) is 0 Å². The molecule has 0 spiro atoms. The Bertz CT molecular complexity index is 355. The standard InChI is InChI=1S/C16H30N4O/c17-15(19-14-4-5-14)18-12-16(6-2-1-3-7-16)13-20-8-10-21-11-9-20/h14H,1-13H2,(H3,17,18,19). The van der Waals surface area contributed by atoms with Crippen molar-refractivity contribution >= 4 is 5.96 Å². The van der Waals surface area contributed by atoms with Crippen LogP contribution in [-0.2, 0) is 4.74 Å². The lowest BCUT2D eigenvalue weighted by Crippen LogP contribution is -2.46. The van der Waals surface area contributed by atoms with Crippen molar-refractivity contribution in [2.24, 2.45) is 16.1 Å². The lowest BCUT2D eigenvalue weighted by Gasteiger charge is -2.41. The third-order valence-corrected chi connectivity index (χ3v) is 5.09. The van der Waals surface area contributed by atoms with Gasteiger partial charge in [-0.05, 0) is 25.7 Å². The predicted molar refractivity (Wildman–Crippen MR) is 85.4 cm³/mol. The minimum Gasteiger partial charge on any atom is -0.379 e. The van der Waals surface area contributed by atoms with E-state index < -0.39 is 0 Å². The zero-order chi connectivity index (χ0) is 14.5. The van der Waals surface area contributed by atoms with Gasteiger partial charge in [-0.15, -0.1) is 0 Å². The molecule has 5 nitrogen and oxygen atoms in total. The van der Waals surface area contributed by atoms with Crippen LogP contribution in [0.1, 0.15) is 44.9 Å². The molecule has 0 aromatic carbocycles. The number of nitrogens with two attached hydrogens (primary N) is 1. The van der Waals surface area contributed by atoms with Gasteiger partial charge in [0.1, 0.15) is 0 Å². The van der Waals surface area contributed by atoms with E-state index in [1.807, 2.05) is 0 Å². The molecule has 3 aliphatic rings. The van der Waals surface area contributed by atoms with E-state index >= 15 is 0 Å². The molecule has 1 saturated heterocycles. The molecule has 3 N–H and O–H groups in total. The highest BCUT2D eigenvalue weighted by atomic mass is 16.5. The number of aliphatic imine (C=N–C) groups is 1. The zero-order valence-electron chi connectivity index (χ0n) is 13.1. The van der Waals surface area contributed by atoms with Crippen molar-refractivity contribution < 1.29 is 4.74 Å². The Morgan fingerprint density at radius 3 is 2.57 bits per heavy atom. The van der Waals surface area contributed by atoms with Crippen LogP contribution >= 0.6 is 0 Å². The summed E-state index contributed by atoms with van der Waals surface area (Å²) in [6, 6.07) is 0.593. The Morgan fingerprint density at radius 2 is 1.90 bits per heavy atom. The van der Waals surface area contributed by atoms with E-state index in [9.17, 15) is 0 Å². The van der Waals surface area contributed by atoms with Gasteiger partial charge in [0.25, 0.3) is 0 Å². The first-order valence-corrected chi connectivity index (χ1v) is 8.62. The lowest BCUT2D eigenvalue weighted by molar-refractivity contribution is 0.00938. The molecule has 0 bridgehead atoms. The van der Waals surface area contributed by atoms with Gasteiger partial charge in [-0.1, -0.05) is 19.3 Å². The second kappa shape index (κ2) is 6.97. The van der Waals surface area contributed by atoms with E-state index in [0.29, 0.717) is 17.4 Å². The van der Waals surface area contributed by atoms with E-state index in [0.717, 1.165) is 39.4 Å². The summed E-state index contributed by atoms with van der Waals surface area (Å²) in [5, 5.41) is 3.31. The molecule has 0 radical (unpaired) electrons. The third-order valence-electron chi connectivity index (χ3n) is 5.09. The first-order chi connectivity index (χ1) is 10.3. The second-order valence-electron chi connectivity index (χ2n) is 7.07. The summed E-state index contributed by atoms with van der Waals surface area (Å²) in [7, 11) is 0. The molecule has 120 valence electrons. The number of nitrogens with zero attached hydrogens (tertiary/aromatic N) is 2. The molecule has 3 fully saturated rings. The molecule has 21 heavy (non-hydrogen) atoms. The first-order valence-electron chi connectivity index (χ1n) is 8.62. The van der Waals surface area contributed by atoms with Gasteiger partial charge in [0.15, 0.2) is 5.96 Å². The van der Waals surface area contributed by atoms with Crippen LogP contribution in [0.5, 0.6) is 0 Å². The number of guanidine groups is 1. The summed E-state index contributed by atoms with van der Waals surface area (Å²) in [5.41, 5.74) is 6.37. The van der Waals surface area contributed by atoms with Gasteiger partial charge in [0, 0.05) is 37.6 Å². The van der Waals surface area contributed by atoms with Crippen molar-refractivity contribution in [2.45, 2.75) is 51.0 Å². The quantitative estimate of drug-likeness (QED) is 0.593. The summed E-state index contributed by atoms with van der Waals surface area (Å²) in [5.74, 6) is 0.657. The van der Waals surface area contributed by atoms with Crippen molar-refractivity contribution in [1.29, 1.82) is 0 Å². The van der Waals surface area contributed by atoms with Gasteiger partial charge in [0.2, 0.25) is 0 Å². The van der Waals surface area contributed by atoms with E-state index in [1.165, 1.54) is 44.9 Å². The van der Waals surface area contributed by atoms with E-state index in [-0.39, 0.29) is 0 Å². The maximum atomic E-state index is 6.03. The average molecular weight is 294 g/mol. The van der Waals surface area contributed by atoms with Crippen LogP contribution in [0.15, 0.2) is 4.99 Å². The molecule has 5 heteroatoms. The van der Waals surface area contributed by atoms with Crippen LogP contribution in [0.3, 0.4) is 0 Å². The fraction of sp³-hybridized carbons (Fsp3) is 0.938. The van der Waals surface area contributed by atoms with E-state index in [2.05, 4.69) is 10.2 Å². The summed E-state index contributed by atoms with van der Waals surface area (Å²) >= 11 is 0. The van der Waals surface area contributed by atoms with Gasteiger partial charge in [-0.25, -0.2) is 0 Å². The van der Waals surface area contributed by atoms with Crippen LogP contribution in [0, 0.1) is 5.41 Å². The maximum absolute atomic E-state index is 6.03. The molecule has 0 amide bonds. The highest BCUT2D eigenvalue weighted by Gasteiger charge is 2.34. The number of morpholine rings is 1. The maximum Gasteiger partial charge on any atom is 0.188 e. The normalized spacial score (nSPS) is 27.5. The fourth-order valence-corrected chi connectivity index (χ4v) is 3.64. The smallest absolute Gasteiger partial charge is 0.188 e. The van der Waals surface area contributed by atoms with Gasteiger partial charge in [-0.3, -0.25) is 9.89 Å². The zero-order valence-corrected chi connectivity index (χ0v) is 13.1. The molecule has 0 aromatic heterocycles. The molecular weight excluding hydrogens is 264 g/mol. The van der Waals surface area contributed by atoms with Gasteiger partial charge in [0.05, 0.1) is 13.2 Å². The van der Waals surface area contributed by atoms with Crippen molar-refractivity contribution in [3.05, 3.63) is 0 Å². The van der Waals surface area contributed by atoms with Crippen LogP contribution in [-0.4, -0.2) is 56.3 Å². The molecule has 2 saturated carbocycles. The monoisotopic (exact) mass is 294 g/mol. The minimum atomic E-state index is 0.339. The van der Waals surface area contributed by atoms with Crippen molar-refractivity contribution in [2.75, 3.05) is 39.4 Å². The number of hydrogen-bond acceptors (Lipinski definition) is 3.